The quantitative estimate of drug-likeness (QED) is 0.453. The average molecular weight is 375 g/mol. The predicted molar refractivity (Wildman–Crippen MR) is 76.8 cm³/mol. The number of nitro benzene ring substituents is 1. The van der Waals surface area contributed by atoms with Gasteiger partial charge in [-0.3, -0.25) is 20.2 Å². The summed E-state index contributed by atoms with van der Waals surface area (Å²) >= 11 is 8.77. The number of halogens is 2. The largest absolute Gasteiger partial charge is 0.438 e. The van der Waals surface area contributed by atoms with Crippen LogP contribution in [-0.2, 0) is 0 Å². The van der Waals surface area contributed by atoms with E-state index in [0.29, 0.717) is 4.47 Å². The van der Waals surface area contributed by atoms with E-state index in [1.54, 1.807) is 0 Å². The minimum absolute atomic E-state index is 0.0974. The molecule has 0 aliphatic rings. The second kappa shape index (κ2) is 6.02. The average Bonchev–Trinajstić information content (AvgIpc) is 2.37. The summed E-state index contributed by atoms with van der Waals surface area (Å²) in [6.45, 7) is 0. The van der Waals surface area contributed by atoms with Crippen molar-refractivity contribution in [3.63, 3.8) is 0 Å². The highest BCUT2D eigenvalue weighted by molar-refractivity contribution is 9.10. The summed E-state index contributed by atoms with van der Waals surface area (Å²) in [5.74, 6) is -0.0401. The van der Waals surface area contributed by atoms with E-state index in [1.165, 1.54) is 18.2 Å². The van der Waals surface area contributed by atoms with Gasteiger partial charge in [0.1, 0.15) is 10.9 Å². The summed E-state index contributed by atoms with van der Waals surface area (Å²) in [5, 5.41) is 21.4. The molecule has 0 spiro atoms. The Morgan fingerprint density at radius 3 is 2.29 bits per heavy atom. The molecule has 108 valence electrons. The standard InChI is InChI=1S/C11H5BrClN3O5/c12-6-1-7(15(17)18)3-9(2-6)21-11-5-8(16(19)20)4-10(13)14-11/h1-5H. The van der Waals surface area contributed by atoms with Gasteiger partial charge in [0.15, 0.2) is 0 Å². The van der Waals surface area contributed by atoms with E-state index in [9.17, 15) is 20.2 Å². The van der Waals surface area contributed by atoms with Crippen molar-refractivity contribution in [1.82, 2.24) is 4.98 Å². The van der Waals surface area contributed by atoms with Crippen molar-refractivity contribution < 1.29 is 14.6 Å². The molecule has 1 aromatic carbocycles. The number of rotatable bonds is 4. The zero-order valence-corrected chi connectivity index (χ0v) is 12.4. The molecule has 0 unspecified atom stereocenters. The maximum absolute atomic E-state index is 10.8. The number of aromatic nitrogens is 1. The molecule has 2 aromatic rings. The normalized spacial score (nSPS) is 10.2. The third-order valence-corrected chi connectivity index (χ3v) is 2.91. The maximum Gasteiger partial charge on any atom is 0.277 e. The Balaban J connectivity index is 2.38. The van der Waals surface area contributed by atoms with Crippen LogP contribution in [0.5, 0.6) is 11.6 Å². The van der Waals surface area contributed by atoms with Gasteiger partial charge in [-0.1, -0.05) is 27.5 Å². The summed E-state index contributed by atoms with van der Waals surface area (Å²) < 4.78 is 5.71. The Kier molecular flexibility index (Phi) is 4.34. The Labute approximate surface area is 130 Å². The highest BCUT2D eigenvalue weighted by Gasteiger charge is 2.14. The number of nitrogens with zero attached hydrogens (tertiary/aromatic N) is 3. The van der Waals surface area contributed by atoms with Crippen LogP contribution in [0.1, 0.15) is 0 Å². The van der Waals surface area contributed by atoms with E-state index in [2.05, 4.69) is 20.9 Å². The summed E-state index contributed by atoms with van der Waals surface area (Å²) in [7, 11) is 0. The predicted octanol–water partition coefficient (Wildman–Crippen LogP) is 4.11. The van der Waals surface area contributed by atoms with Crippen LogP contribution >= 0.6 is 27.5 Å². The molecule has 0 N–H and O–H groups in total. The van der Waals surface area contributed by atoms with Crippen LogP contribution in [0.4, 0.5) is 11.4 Å². The highest BCUT2D eigenvalue weighted by atomic mass is 79.9. The lowest BCUT2D eigenvalue weighted by atomic mass is 10.3. The minimum atomic E-state index is -0.649. The van der Waals surface area contributed by atoms with E-state index in [1.807, 2.05) is 0 Å². The molecule has 1 aromatic heterocycles. The lowest BCUT2D eigenvalue weighted by Gasteiger charge is -2.05. The molecule has 8 nitrogen and oxygen atoms in total. The molecule has 0 fully saturated rings. The van der Waals surface area contributed by atoms with Crippen LogP contribution in [0.15, 0.2) is 34.8 Å². The van der Waals surface area contributed by atoms with E-state index in [-0.39, 0.29) is 28.2 Å². The van der Waals surface area contributed by atoms with Crippen LogP contribution in [0.3, 0.4) is 0 Å². The van der Waals surface area contributed by atoms with Crippen LogP contribution in [-0.4, -0.2) is 14.8 Å². The van der Waals surface area contributed by atoms with Gasteiger partial charge in [-0.25, -0.2) is 4.98 Å². The molecule has 10 heteroatoms. The monoisotopic (exact) mass is 373 g/mol. The van der Waals surface area contributed by atoms with Crippen molar-refractivity contribution >= 4 is 38.9 Å². The van der Waals surface area contributed by atoms with Gasteiger partial charge < -0.3 is 4.74 Å². The molecule has 0 bridgehead atoms. The summed E-state index contributed by atoms with van der Waals surface area (Å²) in [6, 6.07) is 6.05. The van der Waals surface area contributed by atoms with Crippen molar-refractivity contribution in [3.8, 4) is 11.6 Å². The molecular formula is C11H5BrClN3O5. The minimum Gasteiger partial charge on any atom is -0.438 e. The first kappa shape index (κ1) is 15.1. The van der Waals surface area contributed by atoms with Gasteiger partial charge >= 0.3 is 0 Å². The lowest BCUT2D eigenvalue weighted by molar-refractivity contribution is -0.385. The van der Waals surface area contributed by atoms with Crippen molar-refractivity contribution in [2.75, 3.05) is 0 Å². The molecule has 0 amide bonds. The number of benzene rings is 1. The Bertz CT molecular complexity index is 678. The van der Waals surface area contributed by atoms with Crippen LogP contribution < -0.4 is 4.74 Å². The van der Waals surface area contributed by atoms with E-state index < -0.39 is 9.85 Å². The summed E-state index contributed by atoms with van der Waals surface area (Å²) in [6.07, 6.45) is 0. The van der Waals surface area contributed by atoms with Crippen molar-refractivity contribution in [2.24, 2.45) is 0 Å². The first-order chi connectivity index (χ1) is 9.85. The fourth-order valence-electron chi connectivity index (χ4n) is 1.45. The number of hydrogen-bond acceptors (Lipinski definition) is 6. The fraction of sp³-hybridized carbons (Fsp3) is 0. The van der Waals surface area contributed by atoms with Crippen molar-refractivity contribution in [1.29, 1.82) is 0 Å². The zero-order valence-electron chi connectivity index (χ0n) is 10.0. The van der Waals surface area contributed by atoms with Crippen molar-refractivity contribution in [3.05, 3.63) is 60.2 Å². The number of ether oxygens (including phenoxy) is 1. The molecule has 0 atom stereocenters. The zero-order chi connectivity index (χ0) is 15.6. The first-order valence-corrected chi connectivity index (χ1v) is 6.47. The molecule has 2 rings (SSSR count). The van der Waals surface area contributed by atoms with E-state index >= 15 is 0 Å². The number of hydrogen-bond donors (Lipinski definition) is 0. The van der Waals surface area contributed by atoms with Gasteiger partial charge in [-0.05, 0) is 6.07 Å². The number of non-ortho nitro benzene ring substituents is 1. The van der Waals surface area contributed by atoms with E-state index in [4.69, 9.17) is 16.3 Å². The molecule has 21 heavy (non-hydrogen) atoms. The SMILES string of the molecule is O=[N+]([O-])c1cc(Br)cc(Oc2cc([N+](=O)[O-])cc(Cl)n2)c1. The van der Waals surface area contributed by atoms with Gasteiger partial charge in [-0.15, -0.1) is 0 Å². The Morgan fingerprint density at radius 2 is 1.67 bits per heavy atom. The molecule has 1 heterocycles. The number of nitro groups is 2. The summed E-state index contributed by atoms with van der Waals surface area (Å²) in [4.78, 5) is 24.0. The van der Waals surface area contributed by atoms with Crippen LogP contribution in [0.25, 0.3) is 0 Å². The molecule has 0 aliphatic carbocycles. The first-order valence-electron chi connectivity index (χ1n) is 5.30. The van der Waals surface area contributed by atoms with Crippen LogP contribution in [0.2, 0.25) is 5.15 Å². The second-order valence-corrected chi connectivity index (χ2v) is 5.05. The van der Waals surface area contributed by atoms with Gasteiger partial charge in [0.05, 0.1) is 28.0 Å². The molecular weight excluding hydrogens is 369 g/mol. The number of pyridine rings is 1. The fourth-order valence-corrected chi connectivity index (χ4v) is 2.11. The summed E-state index contributed by atoms with van der Waals surface area (Å²) in [5.41, 5.74) is -0.495. The van der Waals surface area contributed by atoms with Gasteiger partial charge in [0.25, 0.3) is 11.4 Å². The Morgan fingerprint density at radius 1 is 1.05 bits per heavy atom. The third-order valence-electron chi connectivity index (χ3n) is 2.26. The third kappa shape index (κ3) is 3.86. The van der Waals surface area contributed by atoms with Crippen LogP contribution in [0, 0.1) is 20.2 Å². The van der Waals surface area contributed by atoms with Gasteiger partial charge in [0, 0.05) is 10.5 Å². The second-order valence-electron chi connectivity index (χ2n) is 3.75. The lowest BCUT2D eigenvalue weighted by Crippen LogP contribution is -1.94. The molecule has 0 saturated carbocycles. The van der Waals surface area contributed by atoms with Crippen molar-refractivity contribution in [2.45, 2.75) is 0 Å². The molecule has 0 radical (unpaired) electrons. The highest BCUT2D eigenvalue weighted by Crippen LogP contribution is 2.31. The maximum atomic E-state index is 10.8. The molecule has 0 aliphatic heterocycles. The van der Waals surface area contributed by atoms with Gasteiger partial charge in [-0.2, -0.15) is 0 Å². The van der Waals surface area contributed by atoms with E-state index in [0.717, 1.165) is 12.1 Å². The topological polar surface area (TPSA) is 108 Å². The molecule has 0 saturated heterocycles. The van der Waals surface area contributed by atoms with Gasteiger partial charge in [0.2, 0.25) is 5.88 Å². The smallest absolute Gasteiger partial charge is 0.277 e. The Hall–Kier alpha value is -2.26.